The molecule has 21 heavy (non-hydrogen) atoms. The normalized spacial score (nSPS) is 10.8. The lowest BCUT2D eigenvalue weighted by atomic mass is 10.1. The Bertz CT molecular complexity index is 458. The Morgan fingerprint density at radius 1 is 1.38 bits per heavy atom. The molecular weight excluding hydrogens is 264 g/mol. The molecule has 0 bridgehead atoms. The summed E-state index contributed by atoms with van der Waals surface area (Å²) >= 11 is 0. The van der Waals surface area contributed by atoms with Gasteiger partial charge in [0.25, 0.3) is 5.91 Å². The monoisotopic (exact) mass is 292 g/mol. The van der Waals surface area contributed by atoms with Crippen molar-refractivity contribution in [2.24, 2.45) is 5.92 Å². The van der Waals surface area contributed by atoms with Crippen molar-refractivity contribution in [3.63, 3.8) is 0 Å². The zero-order valence-corrected chi connectivity index (χ0v) is 13.9. The number of hydrogen-bond acceptors (Lipinski definition) is 3. The highest BCUT2D eigenvalue weighted by atomic mass is 16.5. The van der Waals surface area contributed by atoms with Crippen LogP contribution in [-0.4, -0.2) is 44.2 Å². The molecule has 0 aliphatic heterocycles. The van der Waals surface area contributed by atoms with Crippen LogP contribution in [0, 0.1) is 12.8 Å². The first-order valence-corrected chi connectivity index (χ1v) is 7.62. The summed E-state index contributed by atoms with van der Waals surface area (Å²) in [5.41, 5.74) is 2.79. The average molecular weight is 292 g/mol. The molecule has 0 atom stereocenters. The lowest BCUT2D eigenvalue weighted by Crippen LogP contribution is -2.37. The van der Waals surface area contributed by atoms with Gasteiger partial charge in [-0.1, -0.05) is 19.9 Å². The molecule has 1 N–H and O–H groups in total. The van der Waals surface area contributed by atoms with Gasteiger partial charge in [0.2, 0.25) is 0 Å². The maximum atomic E-state index is 12.8. The number of aryl methyl sites for hydroxylation is 1. The minimum atomic E-state index is 0.0664. The van der Waals surface area contributed by atoms with Crippen molar-refractivity contribution in [3.05, 3.63) is 29.3 Å². The number of carbonyl (C=O) groups excluding carboxylic acids is 1. The van der Waals surface area contributed by atoms with Crippen LogP contribution >= 0.6 is 0 Å². The van der Waals surface area contributed by atoms with Crippen LogP contribution in [0.3, 0.4) is 0 Å². The lowest BCUT2D eigenvalue weighted by molar-refractivity contribution is 0.0673. The summed E-state index contributed by atoms with van der Waals surface area (Å²) in [4.78, 5) is 14.7. The molecule has 0 saturated heterocycles. The zero-order chi connectivity index (χ0) is 15.8. The van der Waals surface area contributed by atoms with Gasteiger partial charge in [-0.05, 0) is 37.5 Å². The van der Waals surface area contributed by atoms with Gasteiger partial charge in [0.1, 0.15) is 0 Å². The van der Waals surface area contributed by atoms with Crippen molar-refractivity contribution in [2.45, 2.75) is 27.7 Å². The molecule has 0 radical (unpaired) electrons. The van der Waals surface area contributed by atoms with Gasteiger partial charge < -0.3 is 15.0 Å². The standard InChI is InChI=1S/C17H28N2O2/c1-6-18-16-11-14(4)7-8-15(16)17(20)19(9-10-21-5)12-13(2)3/h7-8,11,13,18H,6,9-10,12H2,1-5H3. The third-order valence-electron chi connectivity index (χ3n) is 3.21. The van der Waals surface area contributed by atoms with Crippen molar-refractivity contribution >= 4 is 11.6 Å². The van der Waals surface area contributed by atoms with Gasteiger partial charge in [-0.2, -0.15) is 0 Å². The molecule has 1 aromatic rings. The summed E-state index contributed by atoms with van der Waals surface area (Å²) in [7, 11) is 1.66. The molecule has 0 spiro atoms. The first-order valence-electron chi connectivity index (χ1n) is 7.62. The van der Waals surface area contributed by atoms with E-state index in [1.807, 2.05) is 36.9 Å². The number of rotatable bonds is 8. The molecular formula is C17H28N2O2. The molecule has 4 nitrogen and oxygen atoms in total. The van der Waals surface area contributed by atoms with Crippen molar-refractivity contribution in [1.82, 2.24) is 4.90 Å². The molecule has 0 saturated carbocycles. The van der Waals surface area contributed by atoms with Gasteiger partial charge in [-0.25, -0.2) is 0 Å². The largest absolute Gasteiger partial charge is 0.385 e. The zero-order valence-electron chi connectivity index (χ0n) is 13.9. The van der Waals surface area contributed by atoms with Crippen molar-refractivity contribution < 1.29 is 9.53 Å². The van der Waals surface area contributed by atoms with E-state index < -0.39 is 0 Å². The minimum Gasteiger partial charge on any atom is -0.385 e. The molecule has 118 valence electrons. The number of nitrogens with one attached hydrogen (secondary N) is 1. The summed E-state index contributed by atoms with van der Waals surface area (Å²) in [6.07, 6.45) is 0. The van der Waals surface area contributed by atoms with Crippen LogP contribution in [-0.2, 0) is 4.74 Å². The molecule has 0 unspecified atom stereocenters. The average Bonchev–Trinajstić information content (AvgIpc) is 2.43. The van der Waals surface area contributed by atoms with E-state index in [9.17, 15) is 4.79 Å². The topological polar surface area (TPSA) is 41.6 Å². The molecule has 1 aromatic carbocycles. The quantitative estimate of drug-likeness (QED) is 0.800. The number of hydrogen-bond donors (Lipinski definition) is 1. The van der Waals surface area contributed by atoms with Crippen molar-refractivity contribution in [3.8, 4) is 0 Å². The number of benzene rings is 1. The van der Waals surface area contributed by atoms with E-state index in [0.717, 1.165) is 29.9 Å². The predicted octanol–water partition coefficient (Wildman–Crippen LogP) is 3.17. The van der Waals surface area contributed by atoms with Crippen LogP contribution < -0.4 is 5.32 Å². The van der Waals surface area contributed by atoms with E-state index in [2.05, 4.69) is 19.2 Å². The van der Waals surface area contributed by atoms with Crippen molar-refractivity contribution in [1.29, 1.82) is 0 Å². The highest BCUT2D eigenvalue weighted by Crippen LogP contribution is 2.20. The molecule has 1 rings (SSSR count). The summed E-state index contributed by atoms with van der Waals surface area (Å²) in [6.45, 7) is 11.0. The first-order chi connectivity index (χ1) is 9.99. The number of anilines is 1. The number of amides is 1. The fourth-order valence-corrected chi connectivity index (χ4v) is 2.27. The predicted molar refractivity (Wildman–Crippen MR) is 88.0 cm³/mol. The Morgan fingerprint density at radius 2 is 2.10 bits per heavy atom. The Morgan fingerprint density at radius 3 is 2.67 bits per heavy atom. The molecule has 0 heterocycles. The van der Waals surface area contributed by atoms with Crippen LogP contribution in [0.25, 0.3) is 0 Å². The molecule has 0 aliphatic carbocycles. The molecule has 0 aliphatic rings. The van der Waals surface area contributed by atoms with Gasteiger partial charge in [0.05, 0.1) is 12.2 Å². The lowest BCUT2D eigenvalue weighted by Gasteiger charge is -2.25. The Hall–Kier alpha value is -1.55. The van der Waals surface area contributed by atoms with Gasteiger partial charge in [-0.15, -0.1) is 0 Å². The first kappa shape index (κ1) is 17.5. The van der Waals surface area contributed by atoms with Crippen LogP contribution in [0.1, 0.15) is 36.7 Å². The Balaban J connectivity index is 3.01. The molecule has 0 aromatic heterocycles. The van der Waals surface area contributed by atoms with Gasteiger partial charge in [-0.3, -0.25) is 4.79 Å². The summed E-state index contributed by atoms with van der Waals surface area (Å²) in [6, 6.07) is 5.92. The third-order valence-corrected chi connectivity index (χ3v) is 3.21. The second-order valence-corrected chi connectivity index (χ2v) is 5.72. The third kappa shape index (κ3) is 5.38. The smallest absolute Gasteiger partial charge is 0.256 e. The van der Waals surface area contributed by atoms with Crippen LogP contribution in [0.4, 0.5) is 5.69 Å². The van der Waals surface area contributed by atoms with E-state index in [0.29, 0.717) is 19.1 Å². The number of carbonyl (C=O) groups is 1. The summed E-state index contributed by atoms with van der Waals surface area (Å²) < 4.78 is 5.13. The fourth-order valence-electron chi connectivity index (χ4n) is 2.27. The molecule has 0 fully saturated rings. The van der Waals surface area contributed by atoms with Crippen LogP contribution in [0.2, 0.25) is 0 Å². The second kappa shape index (κ2) is 8.67. The maximum Gasteiger partial charge on any atom is 0.256 e. The minimum absolute atomic E-state index is 0.0664. The number of nitrogens with zero attached hydrogens (tertiary/aromatic N) is 1. The summed E-state index contributed by atoms with van der Waals surface area (Å²) in [5.74, 6) is 0.496. The fraction of sp³-hybridized carbons (Fsp3) is 0.588. The van der Waals surface area contributed by atoms with E-state index in [4.69, 9.17) is 4.74 Å². The second-order valence-electron chi connectivity index (χ2n) is 5.72. The van der Waals surface area contributed by atoms with E-state index >= 15 is 0 Å². The highest BCUT2D eigenvalue weighted by Gasteiger charge is 2.19. The maximum absolute atomic E-state index is 12.8. The van der Waals surface area contributed by atoms with Gasteiger partial charge in [0, 0.05) is 32.4 Å². The molecule has 1 amide bonds. The van der Waals surface area contributed by atoms with Crippen LogP contribution in [0.5, 0.6) is 0 Å². The van der Waals surface area contributed by atoms with Gasteiger partial charge >= 0.3 is 0 Å². The van der Waals surface area contributed by atoms with E-state index in [-0.39, 0.29) is 5.91 Å². The molecule has 4 heteroatoms. The van der Waals surface area contributed by atoms with E-state index in [1.165, 1.54) is 0 Å². The van der Waals surface area contributed by atoms with Gasteiger partial charge in [0.15, 0.2) is 0 Å². The Labute approximate surface area is 128 Å². The van der Waals surface area contributed by atoms with Crippen LogP contribution in [0.15, 0.2) is 18.2 Å². The SMILES string of the molecule is CCNc1cc(C)ccc1C(=O)N(CCOC)CC(C)C. The Kier molecular flexibility index (Phi) is 7.23. The van der Waals surface area contributed by atoms with E-state index in [1.54, 1.807) is 7.11 Å². The summed E-state index contributed by atoms with van der Waals surface area (Å²) in [5, 5.41) is 3.28. The van der Waals surface area contributed by atoms with Crippen molar-refractivity contribution in [2.75, 3.05) is 38.7 Å². The number of ether oxygens (including phenoxy) is 1. The highest BCUT2D eigenvalue weighted by molar-refractivity contribution is 5.99. The number of methoxy groups -OCH3 is 1.